The molecule has 3 rings (SSSR count). The van der Waals surface area contributed by atoms with E-state index in [1.165, 1.54) is 11.6 Å². The number of halogens is 4. The highest BCUT2D eigenvalue weighted by Gasteiger charge is 2.35. The Morgan fingerprint density at radius 3 is 2.68 bits per heavy atom. The van der Waals surface area contributed by atoms with E-state index in [4.69, 9.17) is 11.6 Å². The van der Waals surface area contributed by atoms with Crippen molar-refractivity contribution in [3.8, 4) is 0 Å². The summed E-state index contributed by atoms with van der Waals surface area (Å²) >= 11 is 5.71. The van der Waals surface area contributed by atoms with Gasteiger partial charge in [0, 0.05) is 25.2 Å². The normalized spacial score (nSPS) is 19.0. The smallest absolute Gasteiger partial charge is 0.366 e. The van der Waals surface area contributed by atoms with Gasteiger partial charge in [-0.25, -0.2) is 9.97 Å². The highest BCUT2D eigenvalue weighted by Crippen LogP contribution is 2.28. The molecule has 1 aliphatic rings. The summed E-state index contributed by atoms with van der Waals surface area (Å²) in [7, 11) is 0. The molecule has 0 saturated carbocycles. The molecule has 0 bridgehead atoms. The van der Waals surface area contributed by atoms with Gasteiger partial charge in [0.25, 0.3) is 0 Å². The first-order chi connectivity index (χ1) is 11.9. The second-order valence-electron chi connectivity index (χ2n) is 6.10. The number of alkyl halides is 3. The first kappa shape index (κ1) is 17.9. The van der Waals surface area contributed by atoms with E-state index in [-0.39, 0.29) is 17.0 Å². The molecule has 0 aliphatic carbocycles. The summed E-state index contributed by atoms with van der Waals surface area (Å²) in [5, 5.41) is 2.85. The van der Waals surface area contributed by atoms with Gasteiger partial charge in [0.1, 0.15) is 11.0 Å². The number of hydrogen-bond acceptors (Lipinski definition) is 4. The minimum Gasteiger partial charge on any atom is -0.366 e. The fourth-order valence-corrected chi connectivity index (χ4v) is 3.17. The summed E-state index contributed by atoms with van der Waals surface area (Å²) in [5.41, 5.74) is 1.22. The van der Waals surface area contributed by atoms with Gasteiger partial charge in [-0.1, -0.05) is 41.9 Å². The van der Waals surface area contributed by atoms with Gasteiger partial charge in [-0.15, -0.1) is 0 Å². The van der Waals surface area contributed by atoms with Crippen LogP contribution in [0.5, 0.6) is 0 Å². The highest BCUT2D eigenvalue weighted by atomic mass is 35.5. The topological polar surface area (TPSA) is 41.1 Å². The van der Waals surface area contributed by atoms with Gasteiger partial charge in [0.2, 0.25) is 5.82 Å². The third-order valence-electron chi connectivity index (χ3n) is 4.05. The minimum absolute atomic E-state index is 0.0181. The van der Waals surface area contributed by atoms with E-state index < -0.39 is 12.0 Å². The maximum absolute atomic E-state index is 12.8. The summed E-state index contributed by atoms with van der Waals surface area (Å²) in [6.07, 6.45) is -2.78. The highest BCUT2D eigenvalue weighted by molar-refractivity contribution is 6.29. The molecule has 0 spiro atoms. The summed E-state index contributed by atoms with van der Waals surface area (Å²) < 4.78 is 38.4. The number of nitrogens with one attached hydrogen (secondary N) is 1. The number of aromatic nitrogens is 2. The Morgan fingerprint density at radius 2 is 1.96 bits per heavy atom. The van der Waals surface area contributed by atoms with Crippen molar-refractivity contribution in [1.29, 1.82) is 0 Å². The fourth-order valence-electron chi connectivity index (χ4n) is 2.99. The molecule has 1 fully saturated rings. The standard InChI is InChI=1S/C17H18ClF3N4/c18-14-9-15(24-16(23-14)17(19,20)21)22-13-7-4-8-25(11-13)10-12-5-2-1-3-6-12/h1-3,5-6,9,13H,4,7-8,10-11H2,(H,22,23,24). The van der Waals surface area contributed by atoms with E-state index >= 15 is 0 Å². The monoisotopic (exact) mass is 370 g/mol. The van der Waals surface area contributed by atoms with Crippen molar-refractivity contribution < 1.29 is 13.2 Å². The van der Waals surface area contributed by atoms with Gasteiger partial charge in [-0.3, -0.25) is 4.90 Å². The van der Waals surface area contributed by atoms with Crippen LogP contribution in [0.1, 0.15) is 24.2 Å². The molecule has 4 nitrogen and oxygen atoms in total. The van der Waals surface area contributed by atoms with Gasteiger partial charge in [0.15, 0.2) is 0 Å². The number of rotatable bonds is 4. The summed E-state index contributed by atoms with van der Waals surface area (Å²) in [4.78, 5) is 9.09. The van der Waals surface area contributed by atoms with Gasteiger partial charge in [-0.2, -0.15) is 13.2 Å². The van der Waals surface area contributed by atoms with E-state index in [2.05, 4.69) is 32.3 Å². The van der Waals surface area contributed by atoms with Crippen LogP contribution in [0.2, 0.25) is 5.15 Å². The predicted molar refractivity (Wildman–Crippen MR) is 90.4 cm³/mol. The molecule has 8 heteroatoms. The number of anilines is 1. The van der Waals surface area contributed by atoms with Crippen LogP contribution in [0, 0.1) is 0 Å². The lowest BCUT2D eigenvalue weighted by Crippen LogP contribution is -2.41. The molecule has 2 aromatic rings. The molecule has 25 heavy (non-hydrogen) atoms. The van der Waals surface area contributed by atoms with Crippen molar-refractivity contribution in [3.05, 3.63) is 52.9 Å². The molecule has 1 aliphatic heterocycles. The third kappa shape index (κ3) is 5.06. The zero-order valence-electron chi connectivity index (χ0n) is 13.4. The summed E-state index contributed by atoms with van der Waals surface area (Å²) in [5.74, 6) is -1.11. The van der Waals surface area contributed by atoms with Gasteiger partial charge in [-0.05, 0) is 24.9 Å². The number of piperidine rings is 1. The van der Waals surface area contributed by atoms with Crippen molar-refractivity contribution in [2.75, 3.05) is 18.4 Å². The fraction of sp³-hybridized carbons (Fsp3) is 0.412. The Morgan fingerprint density at radius 1 is 1.20 bits per heavy atom. The average Bonchev–Trinajstić information content (AvgIpc) is 2.55. The van der Waals surface area contributed by atoms with E-state index in [1.807, 2.05) is 18.2 Å². The van der Waals surface area contributed by atoms with Gasteiger partial charge < -0.3 is 5.32 Å². The lowest BCUT2D eigenvalue weighted by Gasteiger charge is -2.33. The number of likely N-dealkylation sites (tertiary alicyclic amines) is 1. The van der Waals surface area contributed by atoms with Crippen LogP contribution in [-0.2, 0) is 12.7 Å². The van der Waals surface area contributed by atoms with Crippen molar-refractivity contribution in [1.82, 2.24) is 14.9 Å². The Hall–Kier alpha value is -1.86. The van der Waals surface area contributed by atoms with E-state index in [0.717, 1.165) is 32.5 Å². The van der Waals surface area contributed by atoms with Crippen molar-refractivity contribution in [2.45, 2.75) is 31.6 Å². The molecular weight excluding hydrogens is 353 g/mol. The first-order valence-electron chi connectivity index (χ1n) is 8.05. The zero-order valence-corrected chi connectivity index (χ0v) is 14.2. The molecular formula is C17H18ClF3N4. The van der Waals surface area contributed by atoms with Gasteiger partial charge in [0.05, 0.1) is 0 Å². The van der Waals surface area contributed by atoms with Crippen LogP contribution < -0.4 is 5.32 Å². The molecule has 1 aromatic carbocycles. The lowest BCUT2D eigenvalue weighted by atomic mass is 10.0. The number of benzene rings is 1. The van der Waals surface area contributed by atoms with Crippen LogP contribution in [0.15, 0.2) is 36.4 Å². The quantitative estimate of drug-likeness (QED) is 0.818. The molecule has 1 N–H and O–H groups in total. The summed E-state index contributed by atoms with van der Waals surface area (Å²) in [6, 6.07) is 11.4. The van der Waals surface area contributed by atoms with E-state index in [9.17, 15) is 13.2 Å². The molecule has 0 radical (unpaired) electrons. The van der Waals surface area contributed by atoms with Gasteiger partial charge >= 0.3 is 6.18 Å². The van der Waals surface area contributed by atoms with E-state index in [0.29, 0.717) is 0 Å². The van der Waals surface area contributed by atoms with E-state index in [1.54, 1.807) is 0 Å². The Bertz CT molecular complexity index is 709. The lowest BCUT2D eigenvalue weighted by molar-refractivity contribution is -0.144. The molecule has 1 aromatic heterocycles. The second kappa shape index (κ2) is 7.58. The van der Waals surface area contributed by atoms with Crippen LogP contribution in [0.3, 0.4) is 0 Å². The Kier molecular flexibility index (Phi) is 5.44. The minimum atomic E-state index is -4.62. The Labute approximate surface area is 149 Å². The Balaban J connectivity index is 1.66. The number of hydrogen-bond donors (Lipinski definition) is 1. The average molecular weight is 371 g/mol. The van der Waals surface area contributed by atoms with Crippen molar-refractivity contribution >= 4 is 17.4 Å². The predicted octanol–water partition coefficient (Wildman–Crippen LogP) is 4.23. The first-order valence-corrected chi connectivity index (χ1v) is 8.42. The van der Waals surface area contributed by atoms with Crippen LogP contribution >= 0.6 is 11.6 Å². The molecule has 1 unspecified atom stereocenters. The summed E-state index contributed by atoms with van der Waals surface area (Å²) in [6.45, 7) is 2.51. The molecule has 0 amide bonds. The number of nitrogens with zero attached hydrogens (tertiary/aromatic N) is 3. The van der Waals surface area contributed by atoms with Crippen LogP contribution in [-0.4, -0.2) is 34.0 Å². The maximum Gasteiger partial charge on any atom is 0.451 e. The largest absolute Gasteiger partial charge is 0.451 e. The molecule has 1 atom stereocenters. The van der Waals surface area contributed by atoms with Crippen molar-refractivity contribution in [2.24, 2.45) is 0 Å². The molecule has 1 saturated heterocycles. The van der Waals surface area contributed by atoms with Crippen molar-refractivity contribution in [3.63, 3.8) is 0 Å². The third-order valence-corrected chi connectivity index (χ3v) is 4.25. The molecule has 134 valence electrons. The second-order valence-corrected chi connectivity index (χ2v) is 6.49. The van der Waals surface area contributed by atoms with Crippen LogP contribution in [0.4, 0.5) is 19.0 Å². The maximum atomic E-state index is 12.8. The van der Waals surface area contributed by atoms with Crippen LogP contribution in [0.25, 0.3) is 0 Å². The molecule has 2 heterocycles. The zero-order chi connectivity index (χ0) is 17.9. The SMILES string of the molecule is FC(F)(F)c1nc(Cl)cc(NC2CCCN(Cc3ccccc3)C2)n1.